The molecule has 1 fully saturated rings. The molecule has 0 unspecified atom stereocenters. The first kappa shape index (κ1) is 15.3. The van der Waals surface area contributed by atoms with E-state index in [1.165, 1.54) is 5.56 Å². The maximum absolute atomic E-state index is 8.86. The van der Waals surface area contributed by atoms with Crippen LogP contribution in [-0.2, 0) is 6.54 Å². The van der Waals surface area contributed by atoms with Gasteiger partial charge < -0.3 is 11.1 Å². The molecule has 4 nitrogen and oxygen atoms in total. The van der Waals surface area contributed by atoms with Gasteiger partial charge in [0.05, 0.1) is 11.6 Å². The summed E-state index contributed by atoms with van der Waals surface area (Å²) in [6.07, 6.45) is 2.96. The fraction of sp³-hybridized carbons (Fsp3) is 0.250. The largest absolute Gasteiger partial charge is 0.366 e. The van der Waals surface area contributed by atoms with Crippen LogP contribution in [0.1, 0.15) is 29.0 Å². The average Bonchev–Trinajstić information content (AvgIpc) is 3.23. The van der Waals surface area contributed by atoms with Crippen molar-refractivity contribution in [3.63, 3.8) is 0 Å². The first-order valence-corrected chi connectivity index (χ1v) is 6.71. The van der Waals surface area contributed by atoms with Crippen LogP contribution in [0.5, 0.6) is 0 Å². The van der Waals surface area contributed by atoms with E-state index in [0.29, 0.717) is 24.1 Å². The maximum Gasteiger partial charge on any atom is 0.126 e. The smallest absolute Gasteiger partial charge is 0.126 e. The van der Waals surface area contributed by atoms with Gasteiger partial charge in [-0.1, -0.05) is 18.2 Å². The Morgan fingerprint density at radius 2 is 2.14 bits per heavy atom. The van der Waals surface area contributed by atoms with Crippen LogP contribution in [0.3, 0.4) is 0 Å². The lowest BCUT2D eigenvalue weighted by molar-refractivity contribution is 0.978. The van der Waals surface area contributed by atoms with Crippen LogP contribution >= 0.6 is 12.4 Å². The third-order valence-corrected chi connectivity index (χ3v) is 3.58. The molecule has 1 aliphatic rings. The molecule has 3 N–H and O–H groups in total. The number of nitrogens with two attached hydrogens (primary N) is 1. The molecule has 0 spiro atoms. The van der Waals surface area contributed by atoms with E-state index in [-0.39, 0.29) is 12.4 Å². The lowest BCUT2D eigenvalue weighted by Gasteiger charge is -2.07. The van der Waals surface area contributed by atoms with Crippen molar-refractivity contribution in [1.29, 1.82) is 5.26 Å². The van der Waals surface area contributed by atoms with Crippen LogP contribution in [0, 0.1) is 11.3 Å². The minimum Gasteiger partial charge on any atom is -0.366 e. The quantitative estimate of drug-likeness (QED) is 0.910. The summed E-state index contributed by atoms with van der Waals surface area (Å²) in [5.41, 5.74) is 8.79. The lowest BCUT2D eigenvalue weighted by atomic mass is 10.1. The molecule has 1 saturated carbocycles. The topological polar surface area (TPSA) is 74.7 Å². The van der Waals surface area contributed by atoms with Gasteiger partial charge in [0.15, 0.2) is 0 Å². The number of aromatic nitrogens is 1. The number of hydrogen-bond acceptors (Lipinski definition) is 4. The zero-order chi connectivity index (χ0) is 13.9. The number of pyridine rings is 1. The van der Waals surface area contributed by atoms with Gasteiger partial charge in [0.25, 0.3) is 0 Å². The summed E-state index contributed by atoms with van der Waals surface area (Å²) >= 11 is 0. The van der Waals surface area contributed by atoms with Crippen LogP contribution in [0.25, 0.3) is 0 Å². The van der Waals surface area contributed by atoms with Crippen LogP contribution in [0.4, 0.5) is 5.82 Å². The molecule has 0 bridgehead atoms. The van der Waals surface area contributed by atoms with E-state index in [0.717, 1.165) is 17.8 Å². The van der Waals surface area contributed by atoms with Crippen LogP contribution in [0.2, 0.25) is 0 Å². The Labute approximate surface area is 130 Å². The fourth-order valence-electron chi connectivity index (χ4n) is 2.27. The van der Waals surface area contributed by atoms with Crippen molar-refractivity contribution >= 4 is 18.2 Å². The number of hydrogen-bond donors (Lipinski definition) is 2. The molecule has 21 heavy (non-hydrogen) atoms. The Morgan fingerprint density at radius 1 is 1.33 bits per heavy atom. The third-order valence-electron chi connectivity index (χ3n) is 3.58. The molecule has 1 aromatic carbocycles. The predicted molar refractivity (Wildman–Crippen MR) is 85.3 cm³/mol. The molecule has 0 saturated heterocycles. The maximum atomic E-state index is 8.86. The number of nitrogens with zero attached hydrogens (tertiary/aromatic N) is 2. The van der Waals surface area contributed by atoms with E-state index in [4.69, 9.17) is 11.0 Å². The predicted octanol–water partition coefficient (Wildman–Crippen LogP) is 2.80. The van der Waals surface area contributed by atoms with Gasteiger partial charge >= 0.3 is 0 Å². The number of nitriles is 1. The molecule has 0 amide bonds. The van der Waals surface area contributed by atoms with Crippen molar-refractivity contribution in [1.82, 2.24) is 4.98 Å². The summed E-state index contributed by atoms with van der Waals surface area (Å²) in [6.45, 7) is 0.658. The van der Waals surface area contributed by atoms with E-state index in [1.807, 2.05) is 30.5 Å². The molecular formula is C16H17ClN4. The molecule has 1 aliphatic carbocycles. The standard InChI is InChI=1S/C16H16N4.ClH/c17-8-11-2-1-3-12(6-11)9-19-16-5-4-13(10-20-16)14-7-15(14)18;/h1-6,10,14-15H,7,9,18H2,(H,19,20);1H/t14-,15+;/m1./s1. The number of nitrogens with one attached hydrogen (secondary N) is 1. The summed E-state index contributed by atoms with van der Waals surface area (Å²) in [6, 6.07) is 14.1. The molecule has 108 valence electrons. The molecular weight excluding hydrogens is 284 g/mol. The van der Waals surface area contributed by atoms with Gasteiger partial charge in [-0.15, -0.1) is 12.4 Å². The first-order chi connectivity index (χ1) is 9.76. The number of halogens is 1. The Balaban J connectivity index is 0.00000161. The Bertz CT molecular complexity index is 648. The van der Waals surface area contributed by atoms with E-state index in [9.17, 15) is 0 Å². The van der Waals surface area contributed by atoms with Crippen molar-refractivity contribution in [2.24, 2.45) is 5.73 Å². The van der Waals surface area contributed by atoms with Gasteiger partial charge in [0, 0.05) is 24.7 Å². The number of rotatable bonds is 4. The van der Waals surface area contributed by atoms with Gasteiger partial charge in [0.2, 0.25) is 0 Å². The molecule has 2 aromatic rings. The molecule has 5 heteroatoms. The lowest BCUT2D eigenvalue weighted by Crippen LogP contribution is -2.03. The zero-order valence-corrected chi connectivity index (χ0v) is 12.3. The molecule has 0 aliphatic heterocycles. The highest BCUT2D eigenvalue weighted by atomic mass is 35.5. The van der Waals surface area contributed by atoms with Gasteiger partial charge in [-0.25, -0.2) is 4.98 Å². The summed E-state index contributed by atoms with van der Waals surface area (Å²) in [5.74, 6) is 1.33. The van der Waals surface area contributed by atoms with Crippen molar-refractivity contribution in [2.75, 3.05) is 5.32 Å². The Morgan fingerprint density at radius 3 is 2.76 bits per heavy atom. The SMILES string of the molecule is Cl.N#Cc1cccc(CNc2ccc([C@H]3C[C@@H]3N)cn2)c1. The first-order valence-electron chi connectivity index (χ1n) is 6.71. The second-order valence-corrected chi connectivity index (χ2v) is 5.15. The van der Waals surface area contributed by atoms with Crippen LogP contribution in [-0.4, -0.2) is 11.0 Å². The van der Waals surface area contributed by atoms with Crippen molar-refractivity contribution in [2.45, 2.75) is 24.9 Å². The van der Waals surface area contributed by atoms with E-state index in [1.54, 1.807) is 6.07 Å². The Kier molecular flexibility index (Phi) is 4.79. The van der Waals surface area contributed by atoms with Gasteiger partial charge in [0.1, 0.15) is 5.82 Å². The highest BCUT2D eigenvalue weighted by molar-refractivity contribution is 5.85. The second kappa shape index (κ2) is 6.57. The normalized spacial score (nSPS) is 19.2. The highest BCUT2D eigenvalue weighted by Gasteiger charge is 2.34. The third kappa shape index (κ3) is 3.72. The van der Waals surface area contributed by atoms with Crippen molar-refractivity contribution in [3.8, 4) is 6.07 Å². The molecule has 1 aromatic heterocycles. The Hall–Kier alpha value is -2.09. The average molecular weight is 301 g/mol. The zero-order valence-electron chi connectivity index (χ0n) is 11.5. The number of anilines is 1. The van der Waals surface area contributed by atoms with E-state index >= 15 is 0 Å². The van der Waals surface area contributed by atoms with Crippen LogP contribution < -0.4 is 11.1 Å². The minimum absolute atomic E-state index is 0. The van der Waals surface area contributed by atoms with Gasteiger partial charge in [-0.2, -0.15) is 5.26 Å². The minimum atomic E-state index is 0. The summed E-state index contributed by atoms with van der Waals surface area (Å²) in [5, 5.41) is 12.1. The molecule has 1 heterocycles. The number of benzene rings is 1. The summed E-state index contributed by atoms with van der Waals surface area (Å²) < 4.78 is 0. The molecule has 3 rings (SSSR count). The summed E-state index contributed by atoms with van der Waals surface area (Å²) in [7, 11) is 0. The van der Waals surface area contributed by atoms with Gasteiger partial charge in [-0.05, 0) is 35.7 Å². The second-order valence-electron chi connectivity index (χ2n) is 5.15. The van der Waals surface area contributed by atoms with E-state index in [2.05, 4.69) is 22.4 Å². The monoisotopic (exact) mass is 300 g/mol. The van der Waals surface area contributed by atoms with Crippen LogP contribution in [0.15, 0.2) is 42.6 Å². The van der Waals surface area contributed by atoms with Gasteiger partial charge in [-0.3, -0.25) is 0 Å². The molecule has 2 atom stereocenters. The highest BCUT2D eigenvalue weighted by Crippen LogP contribution is 2.38. The molecule has 0 radical (unpaired) electrons. The van der Waals surface area contributed by atoms with E-state index < -0.39 is 0 Å². The summed E-state index contributed by atoms with van der Waals surface area (Å²) in [4.78, 5) is 4.40. The fourth-order valence-corrected chi connectivity index (χ4v) is 2.27. The van der Waals surface area contributed by atoms with Crippen molar-refractivity contribution < 1.29 is 0 Å². The van der Waals surface area contributed by atoms with Crippen molar-refractivity contribution in [3.05, 3.63) is 59.3 Å².